The molecule has 1 aliphatic heterocycles. The van der Waals surface area contributed by atoms with E-state index in [4.69, 9.17) is 19.4 Å². The summed E-state index contributed by atoms with van der Waals surface area (Å²) in [7, 11) is 1.74. The van der Waals surface area contributed by atoms with Crippen molar-refractivity contribution < 1.29 is 19.1 Å². The molecule has 8 rings (SSSR count). The van der Waals surface area contributed by atoms with E-state index in [0.717, 1.165) is 104 Å². The first-order valence-corrected chi connectivity index (χ1v) is 19.5. The number of anilines is 1. The number of pyridine rings is 1. The second-order valence-electron chi connectivity index (χ2n) is 16.9. The van der Waals surface area contributed by atoms with Crippen molar-refractivity contribution >= 4 is 29.2 Å². The number of benzene rings is 1. The highest BCUT2D eigenvalue weighted by atomic mass is 32.1. The zero-order valence-electron chi connectivity index (χ0n) is 30.8. The van der Waals surface area contributed by atoms with Crippen LogP contribution in [0, 0.1) is 24.2 Å². The molecular weight excluding hydrogens is 645 g/mol. The Balaban J connectivity index is 1.10. The lowest BCUT2D eigenvalue weighted by molar-refractivity contribution is -0.124. The SMILES string of the molecule is COc1ccc(C23CCC(CN(C(=O)C4CCC(OC(=O)N5CC(C)C5)CC4)c4cc(-c5cnc(C(C)(C)C)s5)ccn4)(CC2)CC3)cc1C. The third-order valence-corrected chi connectivity index (χ3v) is 13.7. The summed E-state index contributed by atoms with van der Waals surface area (Å²) >= 11 is 1.71. The number of aromatic nitrogens is 2. The van der Waals surface area contributed by atoms with Crippen molar-refractivity contribution in [3.63, 3.8) is 0 Å². The first-order valence-electron chi connectivity index (χ1n) is 18.7. The molecule has 0 spiro atoms. The lowest BCUT2D eigenvalue weighted by Gasteiger charge is -2.55. The van der Waals surface area contributed by atoms with Crippen LogP contribution in [-0.2, 0) is 20.4 Å². The summed E-state index contributed by atoms with van der Waals surface area (Å²) in [5, 5.41) is 1.10. The smallest absolute Gasteiger partial charge is 0.410 e. The molecule has 1 saturated heterocycles. The minimum Gasteiger partial charge on any atom is -0.496 e. The molecule has 268 valence electrons. The molecule has 0 N–H and O–H groups in total. The summed E-state index contributed by atoms with van der Waals surface area (Å²) in [6.45, 7) is 13.1. The van der Waals surface area contributed by atoms with Gasteiger partial charge in [-0.25, -0.2) is 14.8 Å². The number of rotatable bonds is 8. The van der Waals surface area contributed by atoms with E-state index in [-0.39, 0.29) is 40.3 Å². The maximum absolute atomic E-state index is 14.7. The van der Waals surface area contributed by atoms with Gasteiger partial charge < -0.3 is 14.4 Å². The third kappa shape index (κ3) is 6.91. The molecule has 2 bridgehead atoms. The minimum atomic E-state index is -0.201. The highest BCUT2D eigenvalue weighted by molar-refractivity contribution is 7.15. The van der Waals surface area contributed by atoms with Gasteiger partial charge in [-0.05, 0) is 123 Å². The van der Waals surface area contributed by atoms with Crippen LogP contribution in [0.2, 0.25) is 0 Å². The Labute approximate surface area is 302 Å². The van der Waals surface area contributed by atoms with Gasteiger partial charge >= 0.3 is 6.09 Å². The molecule has 1 aromatic carbocycles. The molecule has 9 heteroatoms. The van der Waals surface area contributed by atoms with Crippen LogP contribution in [0.25, 0.3) is 10.4 Å². The Morgan fingerprint density at radius 3 is 2.28 bits per heavy atom. The maximum Gasteiger partial charge on any atom is 0.410 e. The second-order valence-corrected chi connectivity index (χ2v) is 18.0. The van der Waals surface area contributed by atoms with Crippen molar-refractivity contribution in [3.05, 3.63) is 58.9 Å². The van der Waals surface area contributed by atoms with Gasteiger partial charge in [0.25, 0.3) is 0 Å². The summed E-state index contributed by atoms with van der Waals surface area (Å²) < 4.78 is 11.4. The molecule has 3 heterocycles. The monoisotopic (exact) mass is 698 g/mol. The van der Waals surface area contributed by atoms with Gasteiger partial charge in [0.1, 0.15) is 17.7 Å². The molecule has 5 fully saturated rings. The van der Waals surface area contributed by atoms with Gasteiger partial charge in [0, 0.05) is 43.4 Å². The van der Waals surface area contributed by atoms with Crippen LogP contribution in [0.3, 0.4) is 0 Å². The topological polar surface area (TPSA) is 84.9 Å². The van der Waals surface area contributed by atoms with Crippen molar-refractivity contribution in [2.75, 3.05) is 31.6 Å². The van der Waals surface area contributed by atoms with Gasteiger partial charge in [-0.3, -0.25) is 9.69 Å². The van der Waals surface area contributed by atoms with Gasteiger partial charge in [0.05, 0.1) is 17.0 Å². The molecule has 0 radical (unpaired) electrons. The normalized spacial score (nSPS) is 26.7. The molecule has 4 saturated carbocycles. The van der Waals surface area contributed by atoms with Crippen LogP contribution in [0.15, 0.2) is 42.7 Å². The molecular formula is C41H54N4O4S. The predicted octanol–water partition coefficient (Wildman–Crippen LogP) is 9.09. The fourth-order valence-corrected chi connectivity index (χ4v) is 9.91. The van der Waals surface area contributed by atoms with Crippen LogP contribution >= 0.6 is 11.3 Å². The van der Waals surface area contributed by atoms with Crippen LogP contribution in [0.4, 0.5) is 10.6 Å². The number of hydrogen-bond acceptors (Lipinski definition) is 7. The Morgan fingerprint density at radius 1 is 0.980 bits per heavy atom. The maximum atomic E-state index is 14.7. The van der Waals surface area contributed by atoms with Crippen LogP contribution in [0.5, 0.6) is 5.75 Å². The quantitative estimate of drug-likeness (QED) is 0.233. The van der Waals surface area contributed by atoms with E-state index in [1.165, 1.54) is 11.1 Å². The summed E-state index contributed by atoms with van der Waals surface area (Å²) in [6, 6.07) is 10.9. The van der Waals surface area contributed by atoms with Gasteiger partial charge in [-0.15, -0.1) is 11.3 Å². The summed E-state index contributed by atoms with van der Waals surface area (Å²) in [4.78, 5) is 41.8. The number of carbonyl (C=O) groups is 2. The van der Waals surface area contributed by atoms with Crippen molar-refractivity contribution in [2.45, 2.75) is 116 Å². The van der Waals surface area contributed by atoms with Crippen molar-refractivity contribution in [1.29, 1.82) is 0 Å². The second kappa shape index (κ2) is 13.6. The number of thiazole rings is 1. The molecule has 0 atom stereocenters. The van der Waals surface area contributed by atoms with E-state index >= 15 is 0 Å². The van der Waals surface area contributed by atoms with Gasteiger partial charge in [-0.2, -0.15) is 0 Å². The predicted molar refractivity (Wildman–Crippen MR) is 199 cm³/mol. The number of ether oxygens (including phenoxy) is 2. The summed E-state index contributed by atoms with van der Waals surface area (Å²) in [5.41, 5.74) is 3.93. The fourth-order valence-electron chi connectivity index (χ4n) is 8.94. The Kier molecular flexibility index (Phi) is 9.50. The number of nitrogens with zero attached hydrogens (tertiary/aromatic N) is 4. The molecule has 0 unspecified atom stereocenters. The van der Waals surface area contributed by atoms with Crippen molar-refractivity contribution in [3.8, 4) is 16.2 Å². The Hall–Kier alpha value is -3.46. The lowest BCUT2D eigenvalue weighted by atomic mass is 9.51. The number of amides is 2. The average molecular weight is 699 g/mol. The number of carbonyl (C=O) groups excluding carboxylic acids is 2. The van der Waals surface area contributed by atoms with E-state index < -0.39 is 0 Å². The molecule has 50 heavy (non-hydrogen) atoms. The van der Waals surface area contributed by atoms with Crippen LogP contribution in [-0.4, -0.2) is 59.7 Å². The standard InChI is InChI=1S/C41H54N4O4S/c1-27-24-44(25-27)38(47)49-32-10-7-29(8-11-32)36(46)45(35-22-30(13-20-42-35)34-23-43-37(50-34)39(3,4)5)26-40-14-17-41(18-15-40,19-16-40)31-9-12-33(48-6)28(2)21-31/h9,12-13,20-23,27,29,32H,7-8,10-11,14-19,24-26H2,1-6H3. The third-order valence-electron chi connectivity index (χ3n) is 12.2. The Morgan fingerprint density at radius 2 is 1.68 bits per heavy atom. The Bertz CT molecular complexity index is 1690. The van der Waals surface area contributed by atoms with Gasteiger partial charge in [0.15, 0.2) is 0 Å². The van der Waals surface area contributed by atoms with E-state index in [9.17, 15) is 9.59 Å². The number of methoxy groups -OCH3 is 1. The molecule has 3 aromatic rings. The molecule has 4 aliphatic carbocycles. The number of fused-ring (bicyclic) bond motifs is 3. The van der Waals surface area contributed by atoms with Gasteiger partial charge in [-0.1, -0.05) is 39.8 Å². The van der Waals surface area contributed by atoms with E-state index in [1.807, 2.05) is 23.4 Å². The van der Waals surface area contributed by atoms with E-state index in [2.05, 4.69) is 58.9 Å². The van der Waals surface area contributed by atoms with Crippen LogP contribution in [0.1, 0.15) is 108 Å². The minimum absolute atomic E-state index is 0.0253. The van der Waals surface area contributed by atoms with Gasteiger partial charge in [0.2, 0.25) is 5.91 Å². The van der Waals surface area contributed by atoms with Crippen molar-refractivity contribution in [1.82, 2.24) is 14.9 Å². The summed E-state index contributed by atoms with van der Waals surface area (Å²) in [5.74, 6) is 2.28. The molecule has 5 aliphatic rings. The molecule has 2 amide bonds. The van der Waals surface area contributed by atoms with E-state index in [1.54, 1.807) is 23.3 Å². The summed E-state index contributed by atoms with van der Waals surface area (Å²) in [6.07, 6.45) is 13.1. The number of likely N-dealkylation sites (tertiary alicyclic amines) is 1. The van der Waals surface area contributed by atoms with Crippen LogP contribution < -0.4 is 9.64 Å². The first kappa shape index (κ1) is 35.0. The first-order chi connectivity index (χ1) is 23.9. The zero-order chi connectivity index (χ0) is 35.3. The average Bonchev–Trinajstić information content (AvgIpc) is 3.62. The molecule has 2 aromatic heterocycles. The lowest BCUT2D eigenvalue weighted by Crippen LogP contribution is -2.52. The zero-order valence-corrected chi connectivity index (χ0v) is 31.6. The fraction of sp³-hybridized carbons (Fsp3) is 0.610. The highest BCUT2D eigenvalue weighted by Crippen LogP contribution is 2.58. The highest BCUT2D eigenvalue weighted by Gasteiger charge is 2.51. The number of aryl methyl sites for hydroxylation is 1. The molecule has 8 nitrogen and oxygen atoms in total. The largest absolute Gasteiger partial charge is 0.496 e. The number of hydrogen-bond donors (Lipinski definition) is 0. The van der Waals surface area contributed by atoms with E-state index in [0.29, 0.717) is 12.5 Å². The van der Waals surface area contributed by atoms with Crippen molar-refractivity contribution in [2.24, 2.45) is 17.3 Å².